The second-order valence-electron chi connectivity index (χ2n) is 3.95. The Morgan fingerprint density at radius 2 is 1.94 bits per heavy atom. The van der Waals surface area contributed by atoms with Gasteiger partial charge in [-0.3, -0.25) is 0 Å². The molecule has 0 fully saturated rings. The minimum absolute atomic E-state index is 0.565. The van der Waals surface area contributed by atoms with Crippen LogP contribution in [-0.4, -0.2) is 0 Å². The molecule has 0 aromatic heterocycles. The summed E-state index contributed by atoms with van der Waals surface area (Å²) < 4.78 is 5.69. The highest BCUT2D eigenvalue weighted by Crippen LogP contribution is 2.15. The Balaban J connectivity index is 2.05. The highest BCUT2D eigenvalue weighted by atomic mass is 16.5. The quantitative estimate of drug-likeness (QED) is 0.721. The third kappa shape index (κ3) is 3.12. The molecule has 2 rings (SSSR count). The average Bonchev–Trinajstić information content (AvgIpc) is 2.37. The highest BCUT2D eigenvalue weighted by Gasteiger charge is 1.97. The van der Waals surface area contributed by atoms with Gasteiger partial charge in [-0.25, -0.2) is 0 Å². The van der Waals surface area contributed by atoms with Gasteiger partial charge in [-0.05, 0) is 30.7 Å². The van der Waals surface area contributed by atoms with E-state index < -0.39 is 0 Å². The lowest BCUT2D eigenvalue weighted by molar-refractivity contribution is 0.306. The number of hydrogen-bond acceptors (Lipinski definition) is 1. The summed E-state index contributed by atoms with van der Waals surface area (Å²) in [5.41, 5.74) is 3.24. The van der Waals surface area contributed by atoms with Gasteiger partial charge in [0.2, 0.25) is 0 Å². The summed E-state index contributed by atoms with van der Waals surface area (Å²) in [6.45, 7) is 2.64. The fourth-order valence-electron chi connectivity index (χ4n) is 1.64. The van der Waals surface area contributed by atoms with Crippen molar-refractivity contribution in [2.24, 2.45) is 0 Å². The molecule has 0 amide bonds. The fraction of sp³-hybridized carbons (Fsp3) is 0.125. The number of ether oxygens (including phenoxy) is 1. The Hall–Kier alpha value is -2.20. The topological polar surface area (TPSA) is 9.23 Å². The summed E-state index contributed by atoms with van der Waals surface area (Å²) in [5.74, 6) is 3.40. The van der Waals surface area contributed by atoms with Crippen molar-refractivity contribution in [3.8, 4) is 18.1 Å². The zero-order valence-corrected chi connectivity index (χ0v) is 9.81. The summed E-state index contributed by atoms with van der Waals surface area (Å²) in [7, 11) is 0. The lowest BCUT2D eigenvalue weighted by Crippen LogP contribution is -1.95. The molecule has 84 valence electrons. The maximum Gasteiger partial charge on any atom is 0.121 e. The molecule has 0 unspecified atom stereocenters. The van der Waals surface area contributed by atoms with Crippen molar-refractivity contribution in [1.29, 1.82) is 0 Å². The molecule has 0 aliphatic carbocycles. The summed E-state index contributed by atoms with van der Waals surface area (Å²) in [6.07, 6.45) is 5.34. The van der Waals surface area contributed by atoms with E-state index in [4.69, 9.17) is 11.2 Å². The number of rotatable bonds is 3. The summed E-state index contributed by atoms with van der Waals surface area (Å²) in [6, 6.07) is 15.9. The Kier molecular flexibility index (Phi) is 3.47. The van der Waals surface area contributed by atoms with Gasteiger partial charge in [0.1, 0.15) is 12.4 Å². The molecule has 2 aromatic rings. The fourth-order valence-corrected chi connectivity index (χ4v) is 1.64. The first-order valence-electron chi connectivity index (χ1n) is 5.53. The van der Waals surface area contributed by atoms with Gasteiger partial charge in [0, 0.05) is 5.56 Å². The Morgan fingerprint density at radius 3 is 2.71 bits per heavy atom. The maximum atomic E-state index is 5.69. The zero-order valence-electron chi connectivity index (χ0n) is 9.81. The van der Waals surface area contributed by atoms with E-state index >= 15 is 0 Å². The van der Waals surface area contributed by atoms with Gasteiger partial charge in [-0.1, -0.05) is 41.8 Å². The molecule has 0 atom stereocenters. The first-order valence-corrected chi connectivity index (χ1v) is 5.53. The van der Waals surface area contributed by atoms with E-state index in [1.165, 1.54) is 5.56 Å². The summed E-state index contributed by atoms with van der Waals surface area (Å²) in [4.78, 5) is 0. The second kappa shape index (κ2) is 5.23. The van der Waals surface area contributed by atoms with Crippen LogP contribution in [0.25, 0.3) is 0 Å². The van der Waals surface area contributed by atoms with E-state index in [1.807, 2.05) is 30.3 Å². The van der Waals surface area contributed by atoms with Crippen molar-refractivity contribution in [3.05, 3.63) is 65.2 Å². The van der Waals surface area contributed by atoms with E-state index in [-0.39, 0.29) is 0 Å². The molecule has 0 heterocycles. The molecule has 0 saturated heterocycles. The highest BCUT2D eigenvalue weighted by molar-refractivity contribution is 5.38. The number of benzene rings is 2. The largest absolute Gasteiger partial charge is 0.489 e. The predicted molar refractivity (Wildman–Crippen MR) is 69.9 cm³/mol. The number of aryl methyl sites for hydroxylation is 1. The molecule has 0 N–H and O–H groups in total. The van der Waals surface area contributed by atoms with Crippen LogP contribution >= 0.6 is 0 Å². The second-order valence-corrected chi connectivity index (χ2v) is 3.95. The van der Waals surface area contributed by atoms with E-state index in [2.05, 4.69) is 31.0 Å². The van der Waals surface area contributed by atoms with Crippen LogP contribution in [0.15, 0.2) is 48.5 Å². The molecule has 1 nitrogen and oxygen atoms in total. The minimum atomic E-state index is 0.565. The lowest BCUT2D eigenvalue weighted by Gasteiger charge is -2.07. The molecular weight excluding hydrogens is 208 g/mol. The van der Waals surface area contributed by atoms with Crippen molar-refractivity contribution in [1.82, 2.24) is 0 Å². The maximum absolute atomic E-state index is 5.69. The molecule has 0 spiro atoms. The molecule has 0 bridgehead atoms. The molecular formula is C16H14O. The van der Waals surface area contributed by atoms with Crippen LogP contribution in [0.1, 0.15) is 16.7 Å². The van der Waals surface area contributed by atoms with Crippen LogP contribution in [0.2, 0.25) is 0 Å². The van der Waals surface area contributed by atoms with Crippen molar-refractivity contribution in [3.63, 3.8) is 0 Å². The molecule has 1 heteroatoms. The van der Waals surface area contributed by atoms with Crippen molar-refractivity contribution in [2.45, 2.75) is 13.5 Å². The molecule has 17 heavy (non-hydrogen) atoms. The van der Waals surface area contributed by atoms with Gasteiger partial charge in [-0.15, -0.1) is 6.42 Å². The molecule has 0 aliphatic heterocycles. The van der Waals surface area contributed by atoms with E-state index in [0.29, 0.717) is 6.61 Å². The SMILES string of the molecule is C#Cc1cccc(OCc2cccc(C)c2)c1. The standard InChI is InChI=1S/C16H14O/c1-3-14-7-5-9-16(11-14)17-12-15-8-4-6-13(2)10-15/h1,4-11H,12H2,2H3. The first-order chi connectivity index (χ1) is 8.28. The number of hydrogen-bond donors (Lipinski definition) is 0. The molecule has 0 aliphatic rings. The Bertz CT molecular complexity index is 549. The van der Waals surface area contributed by atoms with Crippen LogP contribution in [0.5, 0.6) is 5.75 Å². The van der Waals surface area contributed by atoms with Gasteiger partial charge in [0.25, 0.3) is 0 Å². The van der Waals surface area contributed by atoms with E-state index in [1.54, 1.807) is 0 Å². The van der Waals surface area contributed by atoms with Crippen molar-refractivity contribution >= 4 is 0 Å². The Labute approximate surface area is 102 Å². The van der Waals surface area contributed by atoms with Crippen molar-refractivity contribution in [2.75, 3.05) is 0 Å². The van der Waals surface area contributed by atoms with E-state index in [0.717, 1.165) is 16.9 Å². The van der Waals surface area contributed by atoms with Gasteiger partial charge in [0.05, 0.1) is 0 Å². The molecule has 0 radical (unpaired) electrons. The van der Waals surface area contributed by atoms with Crippen LogP contribution in [-0.2, 0) is 6.61 Å². The lowest BCUT2D eigenvalue weighted by atomic mass is 10.1. The van der Waals surface area contributed by atoms with Gasteiger partial charge >= 0.3 is 0 Å². The predicted octanol–water partition coefficient (Wildman–Crippen LogP) is 3.56. The Morgan fingerprint density at radius 1 is 1.12 bits per heavy atom. The first kappa shape index (κ1) is 11.3. The van der Waals surface area contributed by atoms with Crippen LogP contribution < -0.4 is 4.74 Å². The minimum Gasteiger partial charge on any atom is -0.489 e. The molecule has 2 aromatic carbocycles. The third-order valence-electron chi connectivity index (χ3n) is 2.49. The van der Waals surface area contributed by atoms with Crippen LogP contribution in [0.3, 0.4) is 0 Å². The van der Waals surface area contributed by atoms with Crippen molar-refractivity contribution < 1.29 is 4.74 Å². The summed E-state index contributed by atoms with van der Waals surface area (Å²) >= 11 is 0. The normalized spacial score (nSPS) is 9.65. The number of terminal acetylenes is 1. The summed E-state index contributed by atoms with van der Waals surface area (Å²) in [5, 5.41) is 0. The smallest absolute Gasteiger partial charge is 0.121 e. The monoisotopic (exact) mass is 222 g/mol. The van der Waals surface area contributed by atoms with Gasteiger partial charge in [0.15, 0.2) is 0 Å². The zero-order chi connectivity index (χ0) is 12.1. The van der Waals surface area contributed by atoms with Gasteiger partial charge in [-0.2, -0.15) is 0 Å². The molecule has 0 saturated carbocycles. The average molecular weight is 222 g/mol. The van der Waals surface area contributed by atoms with Gasteiger partial charge < -0.3 is 4.74 Å². The van der Waals surface area contributed by atoms with Crippen LogP contribution in [0, 0.1) is 19.3 Å². The van der Waals surface area contributed by atoms with Crippen LogP contribution in [0.4, 0.5) is 0 Å². The third-order valence-corrected chi connectivity index (χ3v) is 2.49. The van der Waals surface area contributed by atoms with E-state index in [9.17, 15) is 0 Å².